The number of alkyl halides is 3. The number of likely N-dealkylation sites (N-methyl/N-ethyl adjacent to an activating group) is 1. The van der Waals surface area contributed by atoms with Gasteiger partial charge in [0.2, 0.25) is 5.96 Å². The third kappa shape index (κ3) is 9.78. The fourth-order valence-corrected chi connectivity index (χ4v) is 3.81. The predicted molar refractivity (Wildman–Crippen MR) is 157 cm³/mol. The molecule has 0 radical (unpaired) electrons. The van der Waals surface area contributed by atoms with Gasteiger partial charge in [-0.15, -0.1) is 0 Å². The van der Waals surface area contributed by atoms with E-state index in [0.29, 0.717) is 42.7 Å². The van der Waals surface area contributed by atoms with E-state index in [-0.39, 0.29) is 5.92 Å². The summed E-state index contributed by atoms with van der Waals surface area (Å²) in [6.45, 7) is 14.8. The molecule has 0 amide bonds. The lowest BCUT2D eigenvalue weighted by molar-refractivity contribution is -0.137. The first kappa shape index (κ1) is 32.5. The summed E-state index contributed by atoms with van der Waals surface area (Å²) in [4.78, 5) is 15.6. The van der Waals surface area contributed by atoms with E-state index in [9.17, 15) is 13.2 Å². The van der Waals surface area contributed by atoms with Crippen molar-refractivity contribution in [1.82, 2.24) is 15.3 Å². The van der Waals surface area contributed by atoms with Crippen LogP contribution in [0.15, 0.2) is 63.9 Å². The number of aromatic nitrogens is 1. The number of ether oxygens (including phenoxy) is 1. The Labute approximate surface area is 235 Å². The van der Waals surface area contributed by atoms with Crippen LogP contribution < -0.4 is 10.7 Å². The molecule has 2 heterocycles. The van der Waals surface area contributed by atoms with Crippen LogP contribution in [0.1, 0.15) is 58.4 Å². The number of aryl methyl sites for hydroxylation is 1. The number of hydrogen-bond donors (Lipinski definition) is 2. The van der Waals surface area contributed by atoms with Gasteiger partial charge < -0.3 is 15.0 Å². The highest BCUT2D eigenvalue weighted by Gasteiger charge is 2.30. The summed E-state index contributed by atoms with van der Waals surface area (Å²) >= 11 is 0. The molecule has 8 nitrogen and oxygen atoms in total. The molecule has 2 N–H and O–H groups in total. The number of hydrogen-bond acceptors (Lipinski definition) is 8. The van der Waals surface area contributed by atoms with E-state index in [1.165, 1.54) is 6.07 Å². The molecule has 0 spiro atoms. The first-order valence-corrected chi connectivity index (χ1v) is 13.6. The second-order valence-corrected chi connectivity index (χ2v) is 8.52. The minimum Gasteiger partial charge on any atom is -0.380 e. The molecule has 1 aromatic heterocycles. The zero-order valence-corrected chi connectivity index (χ0v) is 24.1. The van der Waals surface area contributed by atoms with Crippen LogP contribution in [0, 0.1) is 5.92 Å². The monoisotopic (exact) mass is 559 g/mol. The lowest BCUT2D eigenvalue weighted by Crippen LogP contribution is -2.38. The Morgan fingerprint density at radius 3 is 2.60 bits per heavy atom. The first-order valence-electron chi connectivity index (χ1n) is 13.6. The minimum atomic E-state index is -4.41. The molecule has 40 heavy (non-hydrogen) atoms. The molecule has 0 saturated carbocycles. The van der Waals surface area contributed by atoms with Gasteiger partial charge >= 0.3 is 6.18 Å². The molecule has 0 aliphatic carbocycles. The van der Waals surface area contributed by atoms with Crippen molar-refractivity contribution in [3.8, 4) is 0 Å². The Balaban J connectivity index is 0.00000274. The van der Waals surface area contributed by atoms with E-state index in [2.05, 4.69) is 44.6 Å². The van der Waals surface area contributed by atoms with Crippen molar-refractivity contribution < 1.29 is 17.9 Å². The Kier molecular flexibility index (Phi) is 13.3. The molecule has 0 bridgehead atoms. The third-order valence-corrected chi connectivity index (χ3v) is 5.84. The van der Waals surface area contributed by atoms with Gasteiger partial charge in [-0.2, -0.15) is 23.3 Å². The highest BCUT2D eigenvalue weighted by Crippen LogP contribution is 2.31. The van der Waals surface area contributed by atoms with Crippen molar-refractivity contribution in [1.29, 1.82) is 0 Å². The van der Waals surface area contributed by atoms with Gasteiger partial charge in [-0.1, -0.05) is 39.8 Å². The normalized spacial score (nSPS) is 15.1. The number of benzene rings is 1. The molecule has 1 aliphatic rings. The lowest BCUT2D eigenvalue weighted by Gasteiger charge is -2.26. The van der Waals surface area contributed by atoms with Gasteiger partial charge in [0.15, 0.2) is 0 Å². The topological polar surface area (TPSA) is 86.5 Å². The number of anilines is 2. The van der Waals surface area contributed by atoms with Gasteiger partial charge in [0, 0.05) is 37.5 Å². The number of amidine groups is 1. The van der Waals surface area contributed by atoms with E-state index in [0.717, 1.165) is 36.6 Å². The molecule has 218 valence electrons. The number of guanidine groups is 1. The maximum absolute atomic E-state index is 13.1. The number of hydrazone groups is 1. The van der Waals surface area contributed by atoms with Crippen molar-refractivity contribution in [3.63, 3.8) is 0 Å². The molecular weight excluding hydrogens is 519 g/mol. The standard InChI is InChI=1S/C27H34F3N7O.C2H6/c1-5-20-15-23(32-18-24(20)34-22-10-8-9-21(16-22)27(28,29)30)17-33-36-26-31-12-11-19(4)25(35-26)37(6-2)13-14-38-7-3;1-2/h8-12,15-19,34H,5-7,13-14H2,1-4H3,(H,31,36);1-2H3/b33-17+;. The van der Waals surface area contributed by atoms with E-state index in [4.69, 9.17) is 9.73 Å². The molecule has 1 atom stereocenters. The maximum atomic E-state index is 13.1. The second-order valence-electron chi connectivity index (χ2n) is 8.52. The molecule has 3 rings (SSSR count). The maximum Gasteiger partial charge on any atom is 0.416 e. The largest absolute Gasteiger partial charge is 0.416 e. The number of pyridine rings is 1. The van der Waals surface area contributed by atoms with Crippen LogP contribution in [0.4, 0.5) is 24.5 Å². The van der Waals surface area contributed by atoms with Crippen LogP contribution in [0.25, 0.3) is 0 Å². The van der Waals surface area contributed by atoms with Crippen LogP contribution >= 0.6 is 0 Å². The van der Waals surface area contributed by atoms with Crippen LogP contribution in [0.2, 0.25) is 0 Å². The molecule has 0 fully saturated rings. The highest BCUT2D eigenvalue weighted by molar-refractivity contribution is 5.99. The van der Waals surface area contributed by atoms with Crippen LogP contribution in [0.3, 0.4) is 0 Å². The molecule has 1 aliphatic heterocycles. The molecule has 1 aromatic carbocycles. The quantitative estimate of drug-likeness (QED) is 0.194. The van der Waals surface area contributed by atoms with Gasteiger partial charge in [0.05, 0.1) is 36.0 Å². The van der Waals surface area contributed by atoms with E-state index < -0.39 is 11.7 Å². The number of nitrogens with one attached hydrogen (secondary N) is 2. The summed E-state index contributed by atoms with van der Waals surface area (Å²) in [6, 6.07) is 6.91. The molecule has 11 heteroatoms. The highest BCUT2D eigenvalue weighted by atomic mass is 19.4. The average molecular weight is 560 g/mol. The van der Waals surface area contributed by atoms with Crippen molar-refractivity contribution in [2.24, 2.45) is 21.0 Å². The smallest absolute Gasteiger partial charge is 0.380 e. The summed E-state index contributed by atoms with van der Waals surface area (Å²) in [5.74, 6) is 1.30. The van der Waals surface area contributed by atoms with Gasteiger partial charge in [0.1, 0.15) is 5.84 Å². The third-order valence-electron chi connectivity index (χ3n) is 5.84. The van der Waals surface area contributed by atoms with E-state index >= 15 is 0 Å². The van der Waals surface area contributed by atoms with Crippen LogP contribution in [-0.4, -0.2) is 54.2 Å². The Morgan fingerprint density at radius 2 is 1.93 bits per heavy atom. The minimum absolute atomic E-state index is 0.0780. The summed E-state index contributed by atoms with van der Waals surface area (Å²) in [5.41, 5.74) is 4.60. The summed E-state index contributed by atoms with van der Waals surface area (Å²) < 4.78 is 44.7. The predicted octanol–water partition coefficient (Wildman–Crippen LogP) is 6.63. The average Bonchev–Trinajstić information content (AvgIpc) is 3.13. The molecule has 2 aromatic rings. The van der Waals surface area contributed by atoms with Crippen molar-refractivity contribution in [2.45, 2.75) is 54.1 Å². The van der Waals surface area contributed by atoms with Crippen LogP contribution in [-0.2, 0) is 17.3 Å². The zero-order chi connectivity index (χ0) is 29.5. The fraction of sp³-hybridized carbons (Fsp3) is 0.448. The number of aliphatic imine (C=N–C) groups is 2. The van der Waals surface area contributed by atoms with E-state index in [1.54, 1.807) is 24.7 Å². The summed E-state index contributed by atoms with van der Waals surface area (Å²) in [5, 5.41) is 7.30. The van der Waals surface area contributed by atoms with Crippen molar-refractivity contribution in [2.75, 3.05) is 31.6 Å². The van der Waals surface area contributed by atoms with Crippen LogP contribution in [0.5, 0.6) is 0 Å². The number of nitrogens with zero attached hydrogens (tertiary/aromatic N) is 5. The fourth-order valence-electron chi connectivity index (χ4n) is 3.81. The number of halogens is 3. The van der Waals surface area contributed by atoms with Crippen molar-refractivity contribution >= 4 is 29.4 Å². The van der Waals surface area contributed by atoms with Gasteiger partial charge in [0.25, 0.3) is 0 Å². The first-order chi connectivity index (χ1) is 19.2. The molecule has 1 unspecified atom stereocenters. The lowest BCUT2D eigenvalue weighted by atomic mass is 10.1. The summed E-state index contributed by atoms with van der Waals surface area (Å²) in [7, 11) is 0. The Morgan fingerprint density at radius 1 is 1.15 bits per heavy atom. The number of rotatable bonds is 10. The van der Waals surface area contributed by atoms with Gasteiger partial charge in [-0.05, 0) is 50.1 Å². The SMILES string of the molecule is CC.CCOCCN(CC)C1=NC(N/N=C/c2cc(CC)c(Nc3cccc(C(F)(F)F)c3)cn2)=NC=CC1C. The summed E-state index contributed by atoms with van der Waals surface area (Å²) in [6.07, 6.45) is 3.06. The zero-order valence-electron chi connectivity index (χ0n) is 24.1. The Hall–Kier alpha value is -3.73. The van der Waals surface area contributed by atoms with Crippen molar-refractivity contribution in [3.05, 3.63) is 65.6 Å². The molecular formula is C29H40F3N7O. The second kappa shape index (κ2) is 16.4. The van der Waals surface area contributed by atoms with Gasteiger partial charge in [-0.25, -0.2) is 10.4 Å². The Bertz CT molecular complexity index is 1190. The molecule has 0 saturated heterocycles. The van der Waals surface area contributed by atoms with Gasteiger partial charge in [-0.3, -0.25) is 4.98 Å². The van der Waals surface area contributed by atoms with E-state index in [1.807, 2.05) is 39.8 Å².